The number of piperazine rings is 1. The Labute approximate surface area is 213 Å². The zero-order valence-corrected chi connectivity index (χ0v) is 21.5. The van der Waals surface area contributed by atoms with Crippen LogP contribution in [0.2, 0.25) is 0 Å². The van der Waals surface area contributed by atoms with Crippen LogP contribution in [0.5, 0.6) is 0 Å². The summed E-state index contributed by atoms with van der Waals surface area (Å²) in [6.07, 6.45) is 0.952. The predicted molar refractivity (Wildman–Crippen MR) is 148 cm³/mol. The van der Waals surface area contributed by atoms with Crippen LogP contribution >= 0.6 is 0 Å². The molecule has 0 spiro atoms. The number of hydrogen-bond donors (Lipinski definition) is 2. The zero-order valence-electron chi connectivity index (χ0n) is 21.5. The maximum Gasteiger partial charge on any atom is 0.223 e. The Bertz CT molecular complexity index is 1250. The summed E-state index contributed by atoms with van der Waals surface area (Å²) in [7, 11) is 2.16. The van der Waals surface area contributed by atoms with Crippen molar-refractivity contribution in [1.82, 2.24) is 25.2 Å². The Balaban J connectivity index is 1.42. The van der Waals surface area contributed by atoms with Gasteiger partial charge in [0.2, 0.25) is 5.95 Å². The summed E-state index contributed by atoms with van der Waals surface area (Å²) in [4.78, 5) is 21.1. The van der Waals surface area contributed by atoms with Gasteiger partial charge in [0, 0.05) is 56.9 Å². The Morgan fingerprint density at radius 2 is 1.81 bits per heavy atom. The van der Waals surface area contributed by atoms with Gasteiger partial charge in [-0.1, -0.05) is 24.8 Å². The lowest BCUT2D eigenvalue weighted by atomic mass is 9.92. The Morgan fingerprint density at radius 1 is 1.03 bits per heavy atom. The van der Waals surface area contributed by atoms with Crippen molar-refractivity contribution in [3.05, 3.63) is 65.9 Å². The zero-order chi connectivity index (χ0) is 25.2. The number of nitrogens with one attached hydrogen (secondary N) is 1. The molecule has 1 fully saturated rings. The summed E-state index contributed by atoms with van der Waals surface area (Å²) in [6.45, 7) is 13.9. The number of nitrogen functional groups attached to an aromatic ring is 1. The van der Waals surface area contributed by atoms with Crippen molar-refractivity contribution in [3.63, 3.8) is 0 Å². The fourth-order valence-corrected chi connectivity index (χ4v) is 5.06. The molecule has 0 saturated carbocycles. The number of hydrogen-bond acceptors (Lipinski definition) is 8. The molecule has 0 bridgehead atoms. The highest BCUT2D eigenvalue weighted by Gasteiger charge is 2.26. The minimum atomic E-state index is 0.308. The van der Waals surface area contributed by atoms with Gasteiger partial charge in [-0.15, -0.1) is 0 Å². The van der Waals surface area contributed by atoms with Crippen LogP contribution in [0.25, 0.3) is 17.0 Å². The molecule has 1 saturated heterocycles. The van der Waals surface area contributed by atoms with E-state index in [1.807, 2.05) is 12.1 Å². The minimum absolute atomic E-state index is 0.308. The summed E-state index contributed by atoms with van der Waals surface area (Å²) in [5.41, 5.74) is 12.6. The van der Waals surface area contributed by atoms with E-state index >= 15 is 0 Å². The van der Waals surface area contributed by atoms with Gasteiger partial charge >= 0.3 is 0 Å². The summed E-state index contributed by atoms with van der Waals surface area (Å²) in [5, 5.41) is 3.26. The van der Waals surface area contributed by atoms with E-state index in [9.17, 15) is 0 Å². The van der Waals surface area contributed by atoms with Gasteiger partial charge in [-0.2, -0.15) is 9.97 Å². The third-order valence-electron chi connectivity index (χ3n) is 7.18. The predicted octanol–water partition coefficient (Wildman–Crippen LogP) is 3.40. The van der Waals surface area contributed by atoms with Crippen LogP contribution < -0.4 is 20.9 Å². The maximum atomic E-state index is 6.19. The molecule has 36 heavy (non-hydrogen) atoms. The molecule has 4 heterocycles. The number of fused-ring (bicyclic) bond motifs is 1. The van der Waals surface area contributed by atoms with Crippen LogP contribution in [0.15, 0.2) is 49.0 Å². The van der Waals surface area contributed by atoms with Crippen molar-refractivity contribution in [1.29, 1.82) is 0 Å². The highest BCUT2D eigenvalue weighted by atomic mass is 15.3. The topological polar surface area (TPSA) is 86.4 Å². The molecule has 0 radical (unpaired) electrons. The van der Waals surface area contributed by atoms with Crippen molar-refractivity contribution in [2.75, 3.05) is 55.3 Å². The second-order valence-electron chi connectivity index (χ2n) is 9.81. The lowest BCUT2D eigenvalue weighted by Gasteiger charge is -2.37. The number of aromatic nitrogens is 3. The molecule has 8 nitrogen and oxygen atoms in total. The molecule has 8 heteroatoms. The van der Waals surface area contributed by atoms with Crippen LogP contribution in [0.1, 0.15) is 30.7 Å². The maximum absolute atomic E-state index is 6.19. The fraction of sp³-hybridized carbons (Fsp3) is 0.393. The number of likely N-dealkylation sites (N-methyl/N-ethyl adjacent to an activating group) is 1. The van der Waals surface area contributed by atoms with Crippen LogP contribution in [-0.2, 0) is 13.0 Å². The van der Waals surface area contributed by atoms with Crippen molar-refractivity contribution >= 4 is 23.3 Å². The van der Waals surface area contributed by atoms with E-state index in [0.29, 0.717) is 12.0 Å². The molecule has 3 N–H and O–H groups in total. The Hall–Kier alpha value is -3.65. The first-order valence-electron chi connectivity index (χ1n) is 12.8. The smallest absolute Gasteiger partial charge is 0.223 e. The average Bonchev–Trinajstić information content (AvgIpc) is 2.88. The van der Waals surface area contributed by atoms with Crippen LogP contribution in [0, 0.1) is 0 Å². The van der Waals surface area contributed by atoms with Crippen molar-refractivity contribution in [2.45, 2.75) is 32.9 Å². The Kier molecular flexibility index (Phi) is 6.78. The molecule has 2 aliphatic heterocycles. The molecule has 0 amide bonds. The molecule has 1 unspecified atom stereocenters. The third-order valence-corrected chi connectivity index (χ3v) is 7.18. The summed E-state index contributed by atoms with van der Waals surface area (Å²) < 4.78 is 0. The van der Waals surface area contributed by atoms with Gasteiger partial charge in [-0.05, 0) is 56.6 Å². The molecule has 2 aliphatic rings. The van der Waals surface area contributed by atoms with E-state index in [-0.39, 0.29) is 0 Å². The van der Waals surface area contributed by atoms with Gasteiger partial charge in [0.25, 0.3) is 0 Å². The molecular formula is C28H36N8. The first-order chi connectivity index (χ1) is 17.4. The largest absolute Gasteiger partial charge is 0.384 e. The van der Waals surface area contributed by atoms with E-state index < -0.39 is 0 Å². The lowest BCUT2D eigenvalue weighted by Crippen LogP contribution is -2.45. The quantitative estimate of drug-likeness (QED) is 0.551. The van der Waals surface area contributed by atoms with Gasteiger partial charge in [0.1, 0.15) is 11.6 Å². The second kappa shape index (κ2) is 10.1. The second-order valence-corrected chi connectivity index (χ2v) is 9.81. The van der Waals surface area contributed by atoms with Gasteiger partial charge in [-0.3, -0.25) is 0 Å². The molecule has 1 aromatic carbocycles. The number of pyridine rings is 1. The number of rotatable bonds is 6. The van der Waals surface area contributed by atoms with Gasteiger partial charge in [0.15, 0.2) is 0 Å². The molecule has 2 aromatic heterocycles. The van der Waals surface area contributed by atoms with Crippen molar-refractivity contribution in [2.24, 2.45) is 0 Å². The molecule has 188 valence electrons. The number of nitrogens with two attached hydrogens (primary N) is 1. The van der Waals surface area contributed by atoms with Crippen LogP contribution in [0.3, 0.4) is 0 Å². The SMILES string of the molecule is C=C(NCC)c1cccc(-c2ccc3c(c2)CN(c2cc(N4CCN(C)CC4)nc(N)n2)C(C)C3)n1. The van der Waals surface area contributed by atoms with E-state index in [1.165, 1.54) is 11.1 Å². The summed E-state index contributed by atoms with van der Waals surface area (Å²) >= 11 is 0. The van der Waals surface area contributed by atoms with Crippen LogP contribution in [0.4, 0.5) is 17.6 Å². The molecule has 3 aromatic rings. The minimum Gasteiger partial charge on any atom is -0.384 e. The van der Waals surface area contributed by atoms with E-state index in [4.69, 9.17) is 10.7 Å². The van der Waals surface area contributed by atoms with Gasteiger partial charge < -0.3 is 25.8 Å². The molecule has 1 atom stereocenters. The van der Waals surface area contributed by atoms with E-state index in [2.05, 4.69) is 87.8 Å². The Morgan fingerprint density at radius 3 is 2.58 bits per heavy atom. The normalized spacial score (nSPS) is 18.1. The molecule has 5 rings (SSSR count). The highest BCUT2D eigenvalue weighted by molar-refractivity contribution is 5.66. The highest BCUT2D eigenvalue weighted by Crippen LogP contribution is 2.32. The van der Waals surface area contributed by atoms with Gasteiger partial charge in [0.05, 0.1) is 17.1 Å². The monoisotopic (exact) mass is 484 g/mol. The van der Waals surface area contributed by atoms with Gasteiger partial charge in [-0.25, -0.2) is 4.98 Å². The van der Waals surface area contributed by atoms with E-state index in [0.717, 1.165) is 80.0 Å². The average molecular weight is 485 g/mol. The molecular weight excluding hydrogens is 448 g/mol. The first kappa shape index (κ1) is 24.1. The fourth-order valence-electron chi connectivity index (χ4n) is 5.06. The van der Waals surface area contributed by atoms with Crippen molar-refractivity contribution < 1.29 is 0 Å². The number of anilines is 3. The van der Waals surface area contributed by atoms with E-state index in [1.54, 1.807) is 0 Å². The summed E-state index contributed by atoms with van der Waals surface area (Å²) in [5.74, 6) is 2.14. The molecule has 0 aliphatic carbocycles. The van der Waals surface area contributed by atoms with Crippen molar-refractivity contribution in [3.8, 4) is 11.3 Å². The number of benzene rings is 1. The standard InChI is InChI=1S/C28H36N8/c1-5-30-20(3)24-7-6-8-25(31-24)22-10-9-21-15-19(2)36(18-23(21)16-22)27-17-26(32-28(29)33-27)35-13-11-34(4)12-14-35/h6-10,16-17,19,30H,3,5,11-15,18H2,1-2,4H3,(H2,29,32,33). The van der Waals surface area contributed by atoms with Crippen LogP contribution in [-0.4, -0.2) is 65.7 Å². The lowest BCUT2D eigenvalue weighted by molar-refractivity contribution is 0.312. The third kappa shape index (κ3) is 4.99. The number of nitrogens with zero attached hydrogens (tertiary/aromatic N) is 6. The first-order valence-corrected chi connectivity index (χ1v) is 12.8. The summed E-state index contributed by atoms with van der Waals surface area (Å²) in [6, 6.07) is 15.2.